The third-order valence-corrected chi connectivity index (χ3v) is 10.9. The fourth-order valence-corrected chi connectivity index (χ4v) is 8.52. The number of allylic oxidation sites excluding steroid dienone is 2. The Kier molecular flexibility index (Phi) is 6.47. The Morgan fingerprint density at radius 2 is 1.55 bits per heavy atom. The molecule has 3 fully saturated rings. The molecule has 2 aliphatic heterocycles. The number of nitrogens with zero attached hydrogens (tertiary/aromatic N) is 2. The minimum absolute atomic E-state index is 0.0135. The van der Waals surface area contributed by atoms with Gasteiger partial charge in [-0.2, -0.15) is 0 Å². The highest BCUT2D eigenvalue weighted by atomic mass is 127. The molecule has 2 aliphatic carbocycles. The number of rotatable bonds is 3. The number of anilines is 2. The summed E-state index contributed by atoms with van der Waals surface area (Å²) in [7, 11) is 0. The van der Waals surface area contributed by atoms with Gasteiger partial charge in [-0.05, 0) is 103 Å². The van der Waals surface area contributed by atoms with Gasteiger partial charge in [0.25, 0.3) is 0 Å². The van der Waals surface area contributed by atoms with Gasteiger partial charge in [-0.15, -0.1) is 0 Å². The van der Waals surface area contributed by atoms with Crippen LogP contribution in [0.1, 0.15) is 31.2 Å². The van der Waals surface area contributed by atoms with E-state index in [4.69, 9.17) is 0 Å². The first-order valence-electron chi connectivity index (χ1n) is 13.9. The second-order valence-corrected chi connectivity index (χ2v) is 13.8. The molecule has 3 aromatic rings. The number of hydrogen-bond donors (Lipinski definition) is 1. The molecule has 6 unspecified atom stereocenters. The lowest BCUT2D eigenvalue weighted by Gasteiger charge is -2.49. The predicted molar refractivity (Wildman–Crippen MR) is 169 cm³/mol. The molecule has 0 aromatic heterocycles. The smallest absolute Gasteiger partial charge is 0.241 e. The van der Waals surface area contributed by atoms with E-state index in [-0.39, 0.29) is 35.8 Å². The first-order valence-corrected chi connectivity index (χ1v) is 15.7. The summed E-state index contributed by atoms with van der Waals surface area (Å²) in [5.74, 6) is -4.22. The molecular weight excluding hydrogens is 711 g/mol. The number of fused-ring (bicyclic) bond motifs is 4. The van der Waals surface area contributed by atoms with Crippen molar-refractivity contribution in [3.63, 3.8) is 0 Å². The maximum atomic E-state index is 14.4. The van der Waals surface area contributed by atoms with Gasteiger partial charge in [-0.3, -0.25) is 24.1 Å². The Hall–Kier alpha value is -3.31. The van der Waals surface area contributed by atoms with Crippen molar-refractivity contribution >= 4 is 73.5 Å². The second-order valence-electron chi connectivity index (χ2n) is 11.7. The predicted octanol–water partition coefficient (Wildman–Crippen LogP) is 6.19. The lowest BCUT2D eigenvalue weighted by atomic mass is 9.51. The van der Waals surface area contributed by atoms with Gasteiger partial charge in [-0.1, -0.05) is 45.8 Å². The highest BCUT2D eigenvalue weighted by Crippen LogP contribution is 2.64. The normalized spacial score (nSPS) is 30.3. The van der Waals surface area contributed by atoms with E-state index in [1.54, 1.807) is 54.6 Å². The lowest BCUT2D eigenvalue weighted by Crippen LogP contribution is -2.48. The molecule has 1 N–H and O–H groups in total. The standard InChI is InChI=1S/C33H26BrIN2O5/c1-33-25(30(40)37(32(33)42)19-5-3-2-4-6-19)16-23-21(28(33)24-15-17(34)7-14-26(24)38)12-13-22-27(23)31(41)36(29(22)39)20-10-8-18(35)9-11-20/h2-12,14-15,22-23,25,27-28,38H,13,16H2,1H3. The van der Waals surface area contributed by atoms with E-state index in [9.17, 15) is 24.3 Å². The number of carbonyl (C=O) groups excluding carboxylic acids is 4. The SMILES string of the molecule is CC12C(=O)N(c3ccccc3)C(=O)C1CC1C(=CCC3C(=O)N(c4ccc(I)cc4)C(=O)C31)C2c1cc(Br)ccc1O. The van der Waals surface area contributed by atoms with E-state index < -0.39 is 35.0 Å². The summed E-state index contributed by atoms with van der Waals surface area (Å²) in [6, 6.07) is 21.2. The van der Waals surface area contributed by atoms with E-state index in [0.29, 0.717) is 23.4 Å². The number of carbonyl (C=O) groups is 4. The molecule has 3 aromatic carbocycles. The van der Waals surface area contributed by atoms with Crippen molar-refractivity contribution < 1.29 is 24.3 Å². The highest BCUT2D eigenvalue weighted by Gasteiger charge is 2.68. The van der Waals surface area contributed by atoms with Gasteiger partial charge in [0.05, 0.1) is 34.5 Å². The van der Waals surface area contributed by atoms with Crippen LogP contribution in [0.4, 0.5) is 11.4 Å². The zero-order chi connectivity index (χ0) is 29.5. The van der Waals surface area contributed by atoms with Gasteiger partial charge >= 0.3 is 0 Å². The summed E-state index contributed by atoms with van der Waals surface area (Å²) < 4.78 is 1.72. The number of benzene rings is 3. The van der Waals surface area contributed by atoms with E-state index >= 15 is 0 Å². The van der Waals surface area contributed by atoms with Crippen LogP contribution >= 0.6 is 38.5 Å². The van der Waals surface area contributed by atoms with Crippen LogP contribution in [0, 0.1) is 32.7 Å². The highest BCUT2D eigenvalue weighted by molar-refractivity contribution is 14.1. The molecule has 9 heteroatoms. The number of phenols is 1. The van der Waals surface area contributed by atoms with Gasteiger partial charge in [0.1, 0.15) is 5.75 Å². The maximum absolute atomic E-state index is 14.4. The largest absolute Gasteiger partial charge is 0.508 e. The molecule has 4 aliphatic rings. The average Bonchev–Trinajstić information content (AvgIpc) is 3.35. The van der Waals surface area contributed by atoms with Gasteiger partial charge in [0, 0.05) is 19.5 Å². The number of hydrogen-bond acceptors (Lipinski definition) is 5. The third kappa shape index (κ3) is 3.81. The zero-order valence-electron chi connectivity index (χ0n) is 22.5. The minimum atomic E-state index is -1.21. The minimum Gasteiger partial charge on any atom is -0.508 e. The van der Waals surface area contributed by atoms with Crippen LogP contribution < -0.4 is 9.80 Å². The fourth-order valence-electron chi connectivity index (χ4n) is 7.78. The van der Waals surface area contributed by atoms with Crippen molar-refractivity contribution in [1.29, 1.82) is 0 Å². The van der Waals surface area contributed by atoms with Crippen LogP contribution in [-0.4, -0.2) is 28.7 Å². The Labute approximate surface area is 264 Å². The summed E-state index contributed by atoms with van der Waals surface area (Å²) in [6.07, 6.45) is 2.60. The molecule has 7 rings (SSSR count). The van der Waals surface area contributed by atoms with E-state index in [1.807, 2.05) is 31.2 Å². The molecule has 1 saturated carbocycles. The number of para-hydroxylation sites is 1. The molecule has 42 heavy (non-hydrogen) atoms. The molecule has 2 heterocycles. The summed E-state index contributed by atoms with van der Waals surface area (Å²) >= 11 is 5.70. The van der Waals surface area contributed by atoms with E-state index in [0.717, 1.165) is 13.6 Å². The first-order chi connectivity index (χ1) is 20.1. The summed E-state index contributed by atoms with van der Waals surface area (Å²) in [4.78, 5) is 58.9. The number of aromatic hydroxyl groups is 1. The van der Waals surface area contributed by atoms with Crippen LogP contribution in [0.25, 0.3) is 0 Å². The molecule has 6 atom stereocenters. The van der Waals surface area contributed by atoms with Crippen molar-refractivity contribution in [3.05, 3.63) is 98.1 Å². The third-order valence-electron chi connectivity index (χ3n) is 9.67. The van der Waals surface area contributed by atoms with Crippen molar-refractivity contribution in [1.82, 2.24) is 0 Å². The van der Waals surface area contributed by atoms with Crippen molar-refractivity contribution in [2.75, 3.05) is 9.80 Å². The topological polar surface area (TPSA) is 95.0 Å². The quantitative estimate of drug-likeness (QED) is 0.197. The van der Waals surface area contributed by atoms with E-state index in [2.05, 4.69) is 38.5 Å². The van der Waals surface area contributed by atoms with Gasteiger partial charge in [0.15, 0.2) is 0 Å². The van der Waals surface area contributed by atoms with Crippen LogP contribution in [0.3, 0.4) is 0 Å². The van der Waals surface area contributed by atoms with Gasteiger partial charge in [-0.25, -0.2) is 4.90 Å². The Bertz CT molecular complexity index is 1710. The fraction of sp³-hybridized carbons (Fsp3) is 0.273. The molecular formula is C33H26BrIN2O5. The average molecular weight is 737 g/mol. The molecule has 4 amide bonds. The van der Waals surface area contributed by atoms with Crippen LogP contribution in [-0.2, 0) is 19.2 Å². The Morgan fingerprint density at radius 1 is 0.857 bits per heavy atom. The summed E-state index contributed by atoms with van der Waals surface area (Å²) in [5.41, 5.74) is 1.18. The van der Waals surface area contributed by atoms with Crippen molar-refractivity contribution in [3.8, 4) is 5.75 Å². The monoisotopic (exact) mass is 736 g/mol. The van der Waals surface area contributed by atoms with Crippen molar-refractivity contribution in [2.24, 2.45) is 29.1 Å². The lowest BCUT2D eigenvalue weighted by molar-refractivity contribution is -0.131. The van der Waals surface area contributed by atoms with Crippen molar-refractivity contribution in [2.45, 2.75) is 25.7 Å². The summed E-state index contributed by atoms with van der Waals surface area (Å²) in [6.45, 7) is 1.81. The number of halogens is 2. The maximum Gasteiger partial charge on any atom is 0.241 e. The van der Waals surface area contributed by atoms with Crippen LogP contribution in [0.5, 0.6) is 5.75 Å². The molecule has 212 valence electrons. The van der Waals surface area contributed by atoms with Crippen LogP contribution in [0.2, 0.25) is 0 Å². The Morgan fingerprint density at radius 3 is 2.26 bits per heavy atom. The second kappa shape index (κ2) is 9.87. The Balaban J connectivity index is 1.38. The number of phenolic OH excluding ortho intramolecular Hbond substituents is 1. The molecule has 0 spiro atoms. The molecule has 2 saturated heterocycles. The molecule has 0 radical (unpaired) electrons. The van der Waals surface area contributed by atoms with Crippen LogP contribution in [0.15, 0.2) is 88.9 Å². The van der Waals surface area contributed by atoms with Gasteiger partial charge < -0.3 is 5.11 Å². The number of imide groups is 2. The zero-order valence-corrected chi connectivity index (χ0v) is 26.3. The van der Waals surface area contributed by atoms with E-state index in [1.165, 1.54) is 9.80 Å². The molecule has 7 nitrogen and oxygen atoms in total. The number of amides is 4. The van der Waals surface area contributed by atoms with Gasteiger partial charge in [0.2, 0.25) is 23.6 Å². The molecule has 0 bridgehead atoms. The first kappa shape index (κ1) is 27.5. The summed E-state index contributed by atoms with van der Waals surface area (Å²) in [5, 5.41) is 11.2.